The van der Waals surface area contributed by atoms with Crippen molar-refractivity contribution in [3.05, 3.63) is 119 Å². The number of nitrogens with zero attached hydrogens (tertiary/aromatic N) is 2. The maximum Gasteiger partial charge on any atom is 0.307 e. The van der Waals surface area contributed by atoms with Crippen molar-refractivity contribution in [2.45, 2.75) is 26.0 Å². The van der Waals surface area contributed by atoms with E-state index in [0.717, 1.165) is 16.7 Å². The summed E-state index contributed by atoms with van der Waals surface area (Å²) in [6, 6.07) is 27.5. The fraction of sp³-hybridized carbons (Fsp3) is 0.167. The van der Waals surface area contributed by atoms with E-state index in [9.17, 15) is 19.5 Å². The first-order chi connectivity index (χ1) is 18.9. The van der Waals surface area contributed by atoms with Gasteiger partial charge in [0.1, 0.15) is 6.61 Å². The summed E-state index contributed by atoms with van der Waals surface area (Å²) >= 11 is 0. The number of hydrogen-bond donors (Lipinski definition) is 3. The lowest BCUT2D eigenvalue weighted by Gasteiger charge is -2.20. The topological polar surface area (TPSA) is 129 Å². The van der Waals surface area contributed by atoms with Gasteiger partial charge >= 0.3 is 5.97 Å². The molecule has 9 nitrogen and oxygen atoms in total. The summed E-state index contributed by atoms with van der Waals surface area (Å²) in [5, 5.41) is 15.8. The van der Waals surface area contributed by atoms with Gasteiger partial charge in [0.15, 0.2) is 0 Å². The average Bonchev–Trinajstić information content (AvgIpc) is 2.98. The van der Waals surface area contributed by atoms with Crippen molar-refractivity contribution in [3.63, 3.8) is 0 Å². The third-order valence-electron chi connectivity index (χ3n) is 5.64. The maximum atomic E-state index is 13.0. The monoisotopic (exact) mass is 526 g/mol. The highest BCUT2D eigenvalue weighted by atomic mass is 16.5. The largest absolute Gasteiger partial charge is 0.493 e. The molecule has 0 saturated carbocycles. The molecule has 3 aromatic rings. The minimum Gasteiger partial charge on any atom is -0.493 e. The van der Waals surface area contributed by atoms with Gasteiger partial charge in [0, 0.05) is 6.54 Å². The molecule has 0 spiro atoms. The second kappa shape index (κ2) is 14.6. The van der Waals surface area contributed by atoms with E-state index in [1.54, 1.807) is 0 Å². The second-order valence-electron chi connectivity index (χ2n) is 8.42. The van der Waals surface area contributed by atoms with Crippen LogP contribution in [-0.2, 0) is 25.7 Å². The summed E-state index contributed by atoms with van der Waals surface area (Å²) in [5.74, 6) is -3.00. The van der Waals surface area contributed by atoms with E-state index in [0.29, 0.717) is 0 Å². The van der Waals surface area contributed by atoms with E-state index in [-0.39, 0.29) is 25.1 Å². The van der Waals surface area contributed by atoms with Gasteiger partial charge in [-0.25, -0.2) is 4.99 Å². The van der Waals surface area contributed by atoms with Gasteiger partial charge in [0.2, 0.25) is 11.7 Å². The Morgan fingerprint density at radius 1 is 0.872 bits per heavy atom. The summed E-state index contributed by atoms with van der Waals surface area (Å²) in [6.07, 6.45) is -0.0768. The fourth-order valence-corrected chi connectivity index (χ4v) is 3.50. The van der Waals surface area contributed by atoms with Gasteiger partial charge in [0.25, 0.3) is 11.8 Å². The second-order valence-corrected chi connectivity index (χ2v) is 8.42. The van der Waals surface area contributed by atoms with Crippen LogP contribution >= 0.6 is 0 Å². The molecule has 0 atom stereocenters. The molecule has 3 N–H and O–H groups in total. The summed E-state index contributed by atoms with van der Waals surface area (Å²) in [7, 11) is 0. The van der Waals surface area contributed by atoms with Crippen LogP contribution in [-0.4, -0.2) is 42.0 Å². The van der Waals surface area contributed by atoms with Gasteiger partial charge in [-0.1, -0.05) is 91.0 Å². The number of esters is 1. The highest BCUT2D eigenvalue weighted by molar-refractivity contribution is 6.39. The molecule has 9 heteroatoms. The van der Waals surface area contributed by atoms with Crippen LogP contribution in [0.5, 0.6) is 0 Å². The third kappa shape index (κ3) is 8.78. The molecule has 3 rings (SSSR count). The number of nitrogens with one attached hydrogen (secondary N) is 2. The minimum atomic E-state index is -0.771. The van der Waals surface area contributed by atoms with E-state index in [2.05, 4.69) is 27.3 Å². The highest BCUT2D eigenvalue weighted by Gasteiger charge is 2.20. The molecule has 0 fully saturated rings. The van der Waals surface area contributed by atoms with Crippen LogP contribution in [0.1, 0.15) is 36.1 Å². The lowest BCUT2D eigenvalue weighted by Crippen LogP contribution is -2.32. The molecule has 0 unspecified atom stereocenters. The number of amidine groups is 1. The Hall–Kier alpha value is -5.05. The molecule has 0 aliphatic carbocycles. The first-order valence-electron chi connectivity index (χ1n) is 12.2. The van der Waals surface area contributed by atoms with Crippen molar-refractivity contribution in [1.82, 2.24) is 10.6 Å². The summed E-state index contributed by atoms with van der Waals surface area (Å²) in [5.41, 5.74) is 2.43. The van der Waals surface area contributed by atoms with E-state index in [1.807, 2.05) is 91.0 Å². The maximum absolute atomic E-state index is 13.0. The number of ether oxygens (including phenoxy) is 1. The summed E-state index contributed by atoms with van der Waals surface area (Å²) in [4.78, 5) is 44.7. The van der Waals surface area contributed by atoms with Crippen LogP contribution in [0.4, 0.5) is 0 Å². The molecule has 0 saturated heterocycles. The molecule has 0 aromatic heterocycles. The third-order valence-corrected chi connectivity index (χ3v) is 5.64. The Labute approximate surface area is 227 Å². The van der Waals surface area contributed by atoms with Gasteiger partial charge in [-0.05, 0) is 30.3 Å². The van der Waals surface area contributed by atoms with Crippen molar-refractivity contribution in [1.29, 1.82) is 0 Å². The van der Waals surface area contributed by atoms with Crippen molar-refractivity contribution in [2.24, 2.45) is 9.98 Å². The van der Waals surface area contributed by atoms with Gasteiger partial charge in [-0.3, -0.25) is 14.4 Å². The SMILES string of the molecule is C=NC(=N/C(O)=C(\C)C(=O)NC(c1ccccc1)c1ccccc1)C(=O)NCCC(=O)OCc1ccccc1. The predicted octanol–water partition coefficient (Wildman–Crippen LogP) is 4.03. The molecule has 200 valence electrons. The van der Waals surface area contributed by atoms with Crippen molar-refractivity contribution in [3.8, 4) is 0 Å². The Balaban J connectivity index is 1.61. The number of rotatable bonds is 10. The standard InChI is InChI=1S/C30H30N4O5/c1-21(28(36)33-26(23-14-8-4-9-15-23)24-16-10-5-11-17-24)29(37)34-27(31-2)30(38)32-19-18-25(35)39-20-22-12-6-3-7-13-22/h3-17,26,37H,2,18-20H2,1H3,(H,32,38)(H,33,36)/b29-21-,34-27?. The molecule has 0 radical (unpaired) electrons. The zero-order valence-corrected chi connectivity index (χ0v) is 21.5. The van der Waals surface area contributed by atoms with Crippen LogP contribution in [0.15, 0.2) is 112 Å². The Kier molecular flexibility index (Phi) is 10.7. The number of aliphatic imine (C=N–C) groups is 2. The zero-order valence-electron chi connectivity index (χ0n) is 21.5. The van der Waals surface area contributed by atoms with Crippen molar-refractivity contribution < 1.29 is 24.2 Å². The number of aliphatic hydroxyl groups is 1. The number of carbonyl (C=O) groups is 3. The molecule has 0 bridgehead atoms. The normalized spacial score (nSPS) is 11.8. The lowest BCUT2D eigenvalue weighted by atomic mass is 9.98. The van der Waals surface area contributed by atoms with Crippen molar-refractivity contribution >= 4 is 30.3 Å². The Morgan fingerprint density at radius 3 is 1.95 bits per heavy atom. The molecule has 39 heavy (non-hydrogen) atoms. The zero-order chi connectivity index (χ0) is 28.0. The average molecular weight is 527 g/mol. The van der Waals surface area contributed by atoms with Gasteiger partial charge < -0.3 is 20.5 Å². The number of hydrogen-bond acceptors (Lipinski definition) is 6. The summed E-state index contributed by atoms with van der Waals surface area (Å²) in [6.45, 7) is 4.77. The van der Waals surface area contributed by atoms with E-state index in [4.69, 9.17) is 4.74 Å². The Bertz CT molecular complexity index is 1300. The Morgan fingerprint density at radius 2 is 1.41 bits per heavy atom. The number of benzene rings is 3. The van der Waals surface area contributed by atoms with Crippen LogP contribution in [0, 0.1) is 0 Å². The smallest absolute Gasteiger partial charge is 0.307 e. The van der Waals surface area contributed by atoms with Crippen LogP contribution in [0.3, 0.4) is 0 Å². The minimum absolute atomic E-state index is 0.0409. The molecule has 0 aliphatic heterocycles. The van der Waals surface area contributed by atoms with Crippen LogP contribution in [0.2, 0.25) is 0 Å². The molecule has 0 heterocycles. The van der Waals surface area contributed by atoms with E-state index >= 15 is 0 Å². The molecular weight excluding hydrogens is 496 g/mol. The molecule has 3 aromatic carbocycles. The molecule has 2 amide bonds. The van der Waals surface area contributed by atoms with Gasteiger partial charge in [-0.15, -0.1) is 0 Å². The molecule has 0 aliphatic rings. The quantitative estimate of drug-likeness (QED) is 0.121. The van der Waals surface area contributed by atoms with Crippen molar-refractivity contribution in [2.75, 3.05) is 6.54 Å². The number of carbonyl (C=O) groups excluding carboxylic acids is 3. The van der Waals surface area contributed by atoms with E-state index < -0.39 is 35.5 Å². The fourth-order valence-electron chi connectivity index (χ4n) is 3.50. The van der Waals surface area contributed by atoms with Crippen LogP contribution in [0.25, 0.3) is 0 Å². The molecular formula is C30H30N4O5. The first kappa shape index (κ1) is 28.5. The lowest BCUT2D eigenvalue weighted by molar-refractivity contribution is -0.144. The van der Waals surface area contributed by atoms with Gasteiger partial charge in [-0.2, -0.15) is 4.99 Å². The number of aliphatic hydroxyl groups excluding tert-OH is 1. The highest BCUT2D eigenvalue weighted by Crippen LogP contribution is 2.22. The van der Waals surface area contributed by atoms with Gasteiger partial charge in [0.05, 0.1) is 18.0 Å². The number of amides is 2. The summed E-state index contributed by atoms with van der Waals surface area (Å²) < 4.78 is 5.17. The first-order valence-corrected chi connectivity index (χ1v) is 12.2. The van der Waals surface area contributed by atoms with Crippen LogP contribution < -0.4 is 10.6 Å². The van der Waals surface area contributed by atoms with E-state index in [1.165, 1.54) is 6.92 Å². The predicted molar refractivity (Wildman–Crippen MR) is 149 cm³/mol.